The molecule has 28 heavy (non-hydrogen) atoms. The zero-order chi connectivity index (χ0) is 19.3. The molecular formula is C21H26FN2O4+. The zero-order valence-electron chi connectivity index (χ0n) is 15.8. The molecule has 2 aliphatic heterocycles. The third kappa shape index (κ3) is 4.55. The molecule has 0 amide bonds. The van der Waals surface area contributed by atoms with E-state index in [2.05, 4.69) is 4.90 Å². The van der Waals surface area contributed by atoms with E-state index >= 15 is 0 Å². The molecule has 2 heterocycles. The second-order valence-corrected chi connectivity index (χ2v) is 7.25. The monoisotopic (exact) mass is 389 g/mol. The molecule has 2 aromatic rings. The highest BCUT2D eigenvalue weighted by Gasteiger charge is 2.24. The highest BCUT2D eigenvalue weighted by atomic mass is 19.1. The molecule has 2 N–H and O–H groups in total. The van der Waals surface area contributed by atoms with Crippen LogP contribution in [0.25, 0.3) is 0 Å². The molecule has 1 fully saturated rings. The molecule has 2 aliphatic rings. The number of rotatable bonds is 7. The molecular weight excluding hydrogens is 363 g/mol. The number of benzene rings is 2. The Balaban J connectivity index is 1.18. The van der Waals surface area contributed by atoms with Gasteiger partial charge in [0.15, 0.2) is 11.5 Å². The number of aliphatic hydroxyl groups excluding tert-OH is 1. The summed E-state index contributed by atoms with van der Waals surface area (Å²) in [6.45, 7) is 4.89. The fourth-order valence-corrected chi connectivity index (χ4v) is 3.71. The van der Waals surface area contributed by atoms with E-state index in [9.17, 15) is 9.50 Å². The van der Waals surface area contributed by atoms with Gasteiger partial charge in [-0.05, 0) is 29.8 Å². The van der Waals surface area contributed by atoms with E-state index in [1.54, 1.807) is 6.07 Å². The number of piperazine rings is 1. The SMILES string of the molecule is O[C@H](COCc1ccc2c(c1)OCO2)C[NH+]1CCN(c2ccccc2F)CC1. The first-order chi connectivity index (χ1) is 13.7. The largest absolute Gasteiger partial charge is 0.454 e. The Kier molecular flexibility index (Phi) is 5.95. The summed E-state index contributed by atoms with van der Waals surface area (Å²) in [5, 5.41) is 10.3. The Morgan fingerprint density at radius 1 is 1.11 bits per heavy atom. The van der Waals surface area contributed by atoms with E-state index in [4.69, 9.17) is 14.2 Å². The number of anilines is 1. The van der Waals surface area contributed by atoms with Gasteiger partial charge in [-0.1, -0.05) is 18.2 Å². The summed E-state index contributed by atoms with van der Waals surface area (Å²) in [6.07, 6.45) is -0.524. The Morgan fingerprint density at radius 2 is 1.89 bits per heavy atom. The highest BCUT2D eigenvalue weighted by Crippen LogP contribution is 2.32. The maximum atomic E-state index is 13.9. The van der Waals surface area contributed by atoms with Gasteiger partial charge in [-0.15, -0.1) is 0 Å². The van der Waals surface area contributed by atoms with Crippen LogP contribution in [-0.4, -0.2) is 57.3 Å². The average molecular weight is 389 g/mol. The van der Waals surface area contributed by atoms with Crippen molar-refractivity contribution in [1.29, 1.82) is 0 Å². The van der Waals surface area contributed by atoms with Crippen molar-refractivity contribution in [2.45, 2.75) is 12.7 Å². The number of quaternary nitrogens is 1. The molecule has 0 radical (unpaired) electrons. The fourth-order valence-electron chi connectivity index (χ4n) is 3.71. The molecule has 1 atom stereocenters. The van der Waals surface area contributed by atoms with Crippen molar-refractivity contribution in [3.63, 3.8) is 0 Å². The van der Waals surface area contributed by atoms with E-state index in [0.717, 1.165) is 43.2 Å². The molecule has 2 aromatic carbocycles. The van der Waals surface area contributed by atoms with Crippen molar-refractivity contribution >= 4 is 5.69 Å². The Morgan fingerprint density at radius 3 is 2.71 bits per heavy atom. The van der Waals surface area contributed by atoms with E-state index < -0.39 is 6.10 Å². The number of nitrogens with zero attached hydrogens (tertiary/aromatic N) is 1. The molecule has 4 rings (SSSR count). The van der Waals surface area contributed by atoms with Gasteiger partial charge in [0.2, 0.25) is 6.79 Å². The first-order valence-corrected chi connectivity index (χ1v) is 9.66. The summed E-state index contributed by atoms with van der Waals surface area (Å²) in [7, 11) is 0. The molecule has 0 bridgehead atoms. The standard InChI is InChI=1S/C21H25FN2O4/c22-18-3-1-2-4-19(18)24-9-7-23(8-10-24)12-17(25)14-26-13-16-5-6-20-21(11-16)28-15-27-20/h1-6,11,17,25H,7-10,12-15H2/p+1/t17-/m0/s1. The first-order valence-electron chi connectivity index (χ1n) is 9.66. The highest BCUT2D eigenvalue weighted by molar-refractivity contribution is 5.47. The second kappa shape index (κ2) is 8.77. The molecule has 0 saturated carbocycles. The molecule has 0 unspecified atom stereocenters. The van der Waals surface area contributed by atoms with Gasteiger partial charge in [0, 0.05) is 0 Å². The number of halogens is 1. The van der Waals surface area contributed by atoms with Crippen molar-refractivity contribution in [3.05, 3.63) is 53.8 Å². The summed E-state index contributed by atoms with van der Waals surface area (Å²) in [4.78, 5) is 3.38. The smallest absolute Gasteiger partial charge is 0.231 e. The van der Waals surface area contributed by atoms with E-state index in [-0.39, 0.29) is 19.2 Å². The number of hydrogen-bond donors (Lipinski definition) is 2. The predicted molar refractivity (Wildman–Crippen MR) is 102 cm³/mol. The van der Waals surface area contributed by atoms with Gasteiger partial charge < -0.3 is 29.1 Å². The fraction of sp³-hybridized carbons (Fsp3) is 0.429. The Labute approximate surface area is 164 Å². The minimum atomic E-state index is -0.524. The summed E-state index contributed by atoms with van der Waals surface area (Å²) >= 11 is 0. The number of hydrogen-bond acceptors (Lipinski definition) is 5. The van der Waals surface area contributed by atoms with Crippen LogP contribution < -0.4 is 19.3 Å². The van der Waals surface area contributed by atoms with Gasteiger partial charge in [0.1, 0.15) is 18.5 Å². The topological polar surface area (TPSA) is 55.6 Å². The van der Waals surface area contributed by atoms with Crippen LogP contribution in [-0.2, 0) is 11.3 Å². The van der Waals surface area contributed by atoms with Crippen LogP contribution in [0.4, 0.5) is 10.1 Å². The minimum Gasteiger partial charge on any atom is -0.454 e. The summed E-state index contributed by atoms with van der Waals surface area (Å²) < 4.78 is 30.2. The van der Waals surface area contributed by atoms with E-state index in [1.165, 1.54) is 11.0 Å². The third-order valence-electron chi connectivity index (χ3n) is 5.20. The normalized spacial score (nSPS) is 17.7. The van der Waals surface area contributed by atoms with Crippen LogP contribution in [0.1, 0.15) is 5.56 Å². The van der Waals surface area contributed by atoms with Crippen LogP contribution in [0, 0.1) is 5.82 Å². The van der Waals surface area contributed by atoms with Crippen LogP contribution in [0.3, 0.4) is 0 Å². The number of para-hydroxylation sites is 1. The average Bonchev–Trinajstić information content (AvgIpc) is 3.17. The first kappa shape index (κ1) is 19.0. The van der Waals surface area contributed by atoms with Gasteiger partial charge in [-0.3, -0.25) is 0 Å². The van der Waals surface area contributed by atoms with E-state index in [0.29, 0.717) is 18.8 Å². The van der Waals surface area contributed by atoms with Crippen molar-refractivity contribution < 1.29 is 28.6 Å². The zero-order valence-corrected chi connectivity index (χ0v) is 15.8. The van der Waals surface area contributed by atoms with Crippen molar-refractivity contribution in [2.75, 3.05) is 51.0 Å². The lowest BCUT2D eigenvalue weighted by Crippen LogP contribution is -3.16. The predicted octanol–water partition coefficient (Wildman–Crippen LogP) is 0.837. The van der Waals surface area contributed by atoms with Crippen molar-refractivity contribution in [2.24, 2.45) is 0 Å². The van der Waals surface area contributed by atoms with Crippen LogP contribution in [0.2, 0.25) is 0 Å². The van der Waals surface area contributed by atoms with Gasteiger partial charge in [0.05, 0.1) is 45.1 Å². The minimum absolute atomic E-state index is 0.178. The van der Waals surface area contributed by atoms with Gasteiger partial charge in [-0.25, -0.2) is 4.39 Å². The third-order valence-corrected chi connectivity index (χ3v) is 5.20. The molecule has 6 nitrogen and oxygen atoms in total. The number of aliphatic hydroxyl groups is 1. The van der Waals surface area contributed by atoms with E-state index in [1.807, 2.05) is 30.3 Å². The molecule has 0 aliphatic carbocycles. The molecule has 150 valence electrons. The van der Waals surface area contributed by atoms with Gasteiger partial charge in [0.25, 0.3) is 0 Å². The number of fused-ring (bicyclic) bond motifs is 1. The van der Waals surface area contributed by atoms with Gasteiger partial charge in [-0.2, -0.15) is 0 Å². The van der Waals surface area contributed by atoms with Crippen LogP contribution in [0.15, 0.2) is 42.5 Å². The lowest BCUT2D eigenvalue weighted by Gasteiger charge is -2.34. The maximum Gasteiger partial charge on any atom is 0.231 e. The molecule has 7 heteroatoms. The molecule has 0 aromatic heterocycles. The number of nitrogens with one attached hydrogen (secondary N) is 1. The Hall–Kier alpha value is -2.35. The summed E-state index contributed by atoms with van der Waals surface area (Å²) in [5.41, 5.74) is 1.65. The maximum absolute atomic E-state index is 13.9. The lowest BCUT2D eigenvalue weighted by atomic mass is 10.2. The van der Waals surface area contributed by atoms with Gasteiger partial charge >= 0.3 is 0 Å². The van der Waals surface area contributed by atoms with Crippen molar-refractivity contribution in [1.82, 2.24) is 0 Å². The lowest BCUT2D eigenvalue weighted by molar-refractivity contribution is -0.903. The molecule has 1 saturated heterocycles. The Bertz CT molecular complexity index is 796. The van der Waals surface area contributed by atoms with Crippen molar-refractivity contribution in [3.8, 4) is 11.5 Å². The van der Waals surface area contributed by atoms with Crippen LogP contribution >= 0.6 is 0 Å². The quantitative estimate of drug-likeness (QED) is 0.735. The molecule has 0 spiro atoms. The van der Waals surface area contributed by atoms with Crippen LogP contribution in [0.5, 0.6) is 11.5 Å². The second-order valence-electron chi connectivity index (χ2n) is 7.25. The number of ether oxygens (including phenoxy) is 3. The summed E-state index contributed by atoms with van der Waals surface area (Å²) in [6, 6.07) is 12.6. The summed E-state index contributed by atoms with van der Waals surface area (Å²) in [5.74, 6) is 1.31.